The van der Waals surface area contributed by atoms with E-state index < -0.39 is 56.2 Å². The van der Waals surface area contributed by atoms with Crippen LogP contribution in [0.15, 0.2) is 35.3 Å². The second-order valence-corrected chi connectivity index (χ2v) is 5.97. The number of hydrogen-bond acceptors (Lipinski definition) is 6. The first kappa shape index (κ1) is 23.5. The molecule has 0 bridgehead atoms. The zero-order chi connectivity index (χ0) is 23.7. The SMILES string of the molecule is Cc1cc(C(F)(F)F)ccc1C(=Nc1c([N+](=O)[O-])cc(C(F)(F)F)cc1[N+](=O)[O-])NO. The van der Waals surface area contributed by atoms with E-state index in [4.69, 9.17) is 0 Å². The molecule has 0 spiro atoms. The van der Waals surface area contributed by atoms with Crippen molar-refractivity contribution in [2.45, 2.75) is 19.3 Å². The zero-order valence-electron chi connectivity index (χ0n) is 15.1. The number of nitro groups is 2. The predicted octanol–water partition coefficient (Wildman–Crippen LogP) is 4.91. The van der Waals surface area contributed by atoms with Crippen molar-refractivity contribution in [3.8, 4) is 0 Å². The van der Waals surface area contributed by atoms with Crippen molar-refractivity contribution in [1.29, 1.82) is 0 Å². The Labute approximate surface area is 167 Å². The first-order valence-corrected chi connectivity index (χ1v) is 7.87. The summed E-state index contributed by atoms with van der Waals surface area (Å²) in [6, 6.07) is 2.09. The molecule has 0 aliphatic carbocycles. The van der Waals surface area contributed by atoms with Crippen molar-refractivity contribution in [3.63, 3.8) is 0 Å². The first-order chi connectivity index (χ1) is 14.2. The molecule has 0 unspecified atom stereocenters. The van der Waals surface area contributed by atoms with Gasteiger partial charge in [-0.2, -0.15) is 26.3 Å². The third-order valence-electron chi connectivity index (χ3n) is 3.93. The molecule has 9 nitrogen and oxygen atoms in total. The van der Waals surface area contributed by atoms with Crippen molar-refractivity contribution < 1.29 is 41.4 Å². The van der Waals surface area contributed by atoms with Gasteiger partial charge in [0.1, 0.15) is 0 Å². The Kier molecular flexibility index (Phi) is 6.20. The van der Waals surface area contributed by atoms with E-state index in [0.717, 1.165) is 13.0 Å². The maximum absolute atomic E-state index is 13.0. The lowest BCUT2D eigenvalue weighted by atomic mass is 10.0. The average Bonchev–Trinajstić information content (AvgIpc) is 2.64. The van der Waals surface area contributed by atoms with Crippen molar-refractivity contribution in [1.82, 2.24) is 5.48 Å². The van der Waals surface area contributed by atoms with E-state index in [0.29, 0.717) is 12.1 Å². The smallest absolute Gasteiger partial charge is 0.290 e. The molecule has 0 heterocycles. The molecule has 2 N–H and O–H groups in total. The topological polar surface area (TPSA) is 131 Å². The summed E-state index contributed by atoms with van der Waals surface area (Å²) in [7, 11) is 0. The van der Waals surface area contributed by atoms with Crippen LogP contribution in [0.1, 0.15) is 22.3 Å². The van der Waals surface area contributed by atoms with Gasteiger partial charge in [0, 0.05) is 17.7 Å². The number of rotatable bonds is 4. The Morgan fingerprint density at radius 1 is 0.935 bits per heavy atom. The van der Waals surface area contributed by atoms with Crippen molar-refractivity contribution in [3.05, 3.63) is 72.8 Å². The number of benzene rings is 2. The summed E-state index contributed by atoms with van der Waals surface area (Å²) in [5.74, 6) is -0.766. The Hall–Kier alpha value is -3.75. The largest absolute Gasteiger partial charge is 0.416 e. The second-order valence-electron chi connectivity index (χ2n) is 5.97. The summed E-state index contributed by atoms with van der Waals surface area (Å²) in [5, 5.41) is 31.8. The highest BCUT2D eigenvalue weighted by Gasteiger charge is 2.38. The highest BCUT2D eigenvalue weighted by Crippen LogP contribution is 2.43. The van der Waals surface area contributed by atoms with Crippen LogP contribution in [0.25, 0.3) is 0 Å². The molecule has 0 saturated heterocycles. The standard InChI is InChI=1S/C16H10F6N4O5/c1-7-4-8(15(17,18)19)2-3-10(7)14(24-27)23-13-11(25(28)29)5-9(16(20,21)22)6-12(13)26(30)31/h2-6,27H,1H3,(H,23,24). The van der Waals surface area contributed by atoms with Crippen LogP contribution < -0.4 is 5.48 Å². The maximum Gasteiger partial charge on any atom is 0.416 e. The van der Waals surface area contributed by atoms with Crippen molar-refractivity contribution in [2.24, 2.45) is 4.99 Å². The third-order valence-corrected chi connectivity index (χ3v) is 3.93. The van der Waals surface area contributed by atoms with Gasteiger partial charge in [-0.3, -0.25) is 30.9 Å². The maximum atomic E-state index is 13.0. The number of hydroxylamine groups is 1. The molecule has 31 heavy (non-hydrogen) atoms. The first-order valence-electron chi connectivity index (χ1n) is 7.87. The Bertz CT molecular complexity index is 1050. The highest BCUT2D eigenvalue weighted by atomic mass is 19.4. The van der Waals surface area contributed by atoms with Gasteiger partial charge in [0.15, 0.2) is 5.84 Å². The van der Waals surface area contributed by atoms with Crippen molar-refractivity contribution >= 4 is 22.9 Å². The third kappa shape index (κ3) is 5.06. The van der Waals surface area contributed by atoms with Crippen LogP contribution in [0.4, 0.5) is 43.4 Å². The molecule has 0 fully saturated rings. The number of amidine groups is 1. The van der Waals surface area contributed by atoms with E-state index in [1.165, 1.54) is 5.48 Å². The summed E-state index contributed by atoms with van der Waals surface area (Å²) < 4.78 is 77.3. The average molecular weight is 452 g/mol. The zero-order valence-corrected chi connectivity index (χ0v) is 15.1. The summed E-state index contributed by atoms with van der Waals surface area (Å²) >= 11 is 0. The number of halogens is 6. The molecular formula is C16H10F6N4O5. The van der Waals surface area contributed by atoms with Crippen LogP contribution >= 0.6 is 0 Å². The minimum Gasteiger partial charge on any atom is -0.290 e. The molecule has 2 aromatic carbocycles. The van der Waals surface area contributed by atoms with E-state index in [-0.39, 0.29) is 23.3 Å². The van der Waals surface area contributed by atoms with Crippen LogP contribution in [0.2, 0.25) is 0 Å². The van der Waals surface area contributed by atoms with Crippen LogP contribution in [0.5, 0.6) is 0 Å². The molecule has 0 amide bonds. The number of alkyl halides is 6. The van der Waals surface area contributed by atoms with Gasteiger partial charge in [0.2, 0.25) is 5.69 Å². The molecule has 0 saturated carbocycles. The molecule has 15 heteroatoms. The molecule has 2 aromatic rings. The van der Waals surface area contributed by atoms with Crippen LogP contribution in [-0.4, -0.2) is 20.9 Å². The van der Waals surface area contributed by atoms with E-state index in [2.05, 4.69) is 4.99 Å². The van der Waals surface area contributed by atoms with Gasteiger partial charge in [0.05, 0.1) is 21.0 Å². The molecule has 0 aromatic heterocycles. The predicted molar refractivity (Wildman–Crippen MR) is 92.1 cm³/mol. The van der Waals surface area contributed by atoms with E-state index in [1.807, 2.05) is 0 Å². The fourth-order valence-corrected chi connectivity index (χ4v) is 2.52. The van der Waals surface area contributed by atoms with E-state index in [9.17, 15) is 51.8 Å². The van der Waals surface area contributed by atoms with Gasteiger partial charge >= 0.3 is 23.7 Å². The van der Waals surface area contributed by atoms with Gasteiger partial charge < -0.3 is 0 Å². The van der Waals surface area contributed by atoms with Gasteiger partial charge in [-0.05, 0) is 24.6 Å². The molecule has 0 atom stereocenters. The Balaban J connectivity index is 2.79. The lowest BCUT2D eigenvalue weighted by Gasteiger charge is -2.13. The van der Waals surface area contributed by atoms with Crippen molar-refractivity contribution in [2.75, 3.05) is 0 Å². The molecular weight excluding hydrogens is 442 g/mol. The fourth-order valence-electron chi connectivity index (χ4n) is 2.52. The molecule has 0 radical (unpaired) electrons. The number of hydrogen-bond donors (Lipinski definition) is 2. The van der Waals surface area contributed by atoms with Gasteiger partial charge in [-0.15, -0.1) is 0 Å². The monoisotopic (exact) mass is 452 g/mol. The quantitative estimate of drug-likeness (QED) is 0.223. The highest BCUT2D eigenvalue weighted by molar-refractivity contribution is 6.02. The summed E-state index contributed by atoms with van der Waals surface area (Å²) in [4.78, 5) is 23.3. The number of nitrogens with zero attached hydrogens (tertiary/aromatic N) is 3. The number of nitrogens with one attached hydrogen (secondary N) is 1. The molecule has 2 rings (SSSR count). The normalized spacial score (nSPS) is 12.6. The van der Waals surface area contributed by atoms with Gasteiger partial charge in [0.25, 0.3) is 0 Å². The van der Waals surface area contributed by atoms with E-state index >= 15 is 0 Å². The lowest BCUT2D eigenvalue weighted by Crippen LogP contribution is -2.22. The van der Waals surface area contributed by atoms with Gasteiger partial charge in [-0.1, -0.05) is 6.07 Å². The minimum atomic E-state index is -5.15. The lowest BCUT2D eigenvalue weighted by molar-refractivity contribution is -0.392. The fraction of sp³-hybridized carbons (Fsp3) is 0.188. The summed E-state index contributed by atoms with van der Waals surface area (Å²) in [5.41, 5.74) is -5.67. The minimum absolute atomic E-state index is 0.0143. The Morgan fingerprint density at radius 3 is 1.77 bits per heavy atom. The number of nitro benzene ring substituents is 2. The molecule has 166 valence electrons. The summed E-state index contributed by atoms with van der Waals surface area (Å²) in [6.07, 6.45) is -9.86. The Morgan fingerprint density at radius 2 is 1.42 bits per heavy atom. The molecule has 0 aliphatic rings. The van der Waals surface area contributed by atoms with Crippen LogP contribution in [-0.2, 0) is 12.4 Å². The summed E-state index contributed by atoms with van der Waals surface area (Å²) in [6.45, 7) is 1.16. The number of aliphatic imine (C=N–C) groups is 1. The van der Waals surface area contributed by atoms with Crippen LogP contribution in [0.3, 0.4) is 0 Å². The molecule has 0 aliphatic heterocycles. The van der Waals surface area contributed by atoms with Gasteiger partial charge in [-0.25, -0.2) is 4.99 Å². The number of aryl methyl sites for hydroxylation is 1. The van der Waals surface area contributed by atoms with E-state index in [1.54, 1.807) is 0 Å². The van der Waals surface area contributed by atoms with Crippen LogP contribution in [0, 0.1) is 27.2 Å². The second kappa shape index (κ2) is 8.17.